The van der Waals surface area contributed by atoms with E-state index in [2.05, 4.69) is 19.9 Å². The van der Waals surface area contributed by atoms with Crippen LogP contribution >= 0.6 is 11.6 Å². The lowest BCUT2D eigenvalue weighted by molar-refractivity contribution is -0.115. The van der Waals surface area contributed by atoms with Crippen LogP contribution in [0, 0.1) is 11.6 Å². The van der Waals surface area contributed by atoms with Crippen molar-refractivity contribution in [2.45, 2.75) is 12.6 Å². The molecule has 0 aliphatic heterocycles. The van der Waals surface area contributed by atoms with Crippen LogP contribution in [0.25, 0.3) is 22.8 Å². The molecule has 1 N–H and O–H groups in total. The molecule has 182 valence electrons. The summed E-state index contributed by atoms with van der Waals surface area (Å²) in [6.45, 7) is -0.606. The van der Waals surface area contributed by atoms with Crippen molar-refractivity contribution >= 4 is 17.4 Å². The molecule has 0 bridgehead atoms. The summed E-state index contributed by atoms with van der Waals surface area (Å²) in [6.07, 6.45) is -1.29. The molecule has 0 saturated heterocycles. The minimum atomic E-state index is -4.64. The van der Waals surface area contributed by atoms with E-state index in [1.807, 2.05) is 24.3 Å². The molecule has 0 saturated carbocycles. The zero-order valence-electron chi connectivity index (χ0n) is 18.1. The maximum atomic E-state index is 15.0. The molecule has 1 aromatic carbocycles. The number of rotatable bonds is 9. The summed E-state index contributed by atoms with van der Waals surface area (Å²) in [7, 11) is 3.75. The van der Waals surface area contributed by atoms with Gasteiger partial charge in [-0.2, -0.15) is 13.2 Å². The van der Waals surface area contributed by atoms with E-state index in [-0.39, 0.29) is 24.0 Å². The molecule has 0 fully saturated rings. The molecule has 0 spiro atoms. The maximum absolute atomic E-state index is 15.0. The van der Waals surface area contributed by atoms with Crippen molar-refractivity contribution in [2.75, 3.05) is 39.1 Å². The van der Waals surface area contributed by atoms with Gasteiger partial charge >= 0.3 is 6.18 Å². The average molecular weight is 503 g/mol. The van der Waals surface area contributed by atoms with Crippen LogP contribution in [-0.2, 0) is 0 Å². The van der Waals surface area contributed by atoms with Gasteiger partial charge in [-0.25, -0.2) is 28.7 Å². The second-order valence-electron chi connectivity index (χ2n) is 7.37. The molecule has 0 radical (unpaired) electrons. The van der Waals surface area contributed by atoms with Crippen molar-refractivity contribution in [1.29, 1.82) is 0 Å². The van der Waals surface area contributed by atoms with Crippen LogP contribution in [0.4, 0.5) is 27.8 Å². The summed E-state index contributed by atoms with van der Waals surface area (Å²) in [4.78, 5) is 17.7. The molecule has 0 atom stereocenters. The quantitative estimate of drug-likeness (QED) is 0.255. The highest BCUT2D eigenvalue weighted by molar-refractivity contribution is 6.32. The number of hydrogen-bond donors (Lipinski definition) is 1. The lowest BCUT2D eigenvalue weighted by Crippen LogP contribution is -2.22. The van der Waals surface area contributed by atoms with Crippen molar-refractivity contribution in [3.8, 4) is 28.5 Å². The van der Waals surface area contributed by atoms with Gasteiger partial charge in [0, 0.05) is 31.1 Å². The summed E-state index contributed by atoms with van der Waals surface area (Å²) < 4.78 is 74.0. The standard InChI is InChI=1S/C21H20ClF5N6O/c1-33(2)7-4-8-34-12-9-13(23)15(14(24)10-12)16-17(22)31-20(19-28-5-3-6-29-19)32-18(16)30-11-21(25,26)27/h3,5-6,9-10H,4,7-8,11H2,1-2H3,(H,30,31,32). The van der Waals surface area contributed by atoms with Crippen molar-refractivity contribution in [1.82, 2.24) is 24.8 Å². The summed E-state index contributed by atoms with van der Waals surface area (Å²) in [5.74, 6) is -3.07. The molecule has 0 unspecified atom stereocenters. The first-order valence-corrected chi connectivity index (χ1v) is 10.4. The van der Waals surface area contributed by atoms with E-state index in [1.54, 1.807) is 0 Å². The Kier molecular flexibility index (Phi) is 8.15. The number of nitrogens with zero attached hydrogens (tertiary/aromatic N) is 5. The Balaban J connectivity index is 2.01. The molecule has 34 heavy (non-hydrogen) atoms. The van der Waals surface area contributed by atoms with Crippen LogP contribution in [0.3, 0.4) is 0 Å². The maximum Gasteiger partial charge on any atom is 0.405 e. The summed E-state index contributed by atoms with van der Waals surface area (Å²) >= 11 is 6.19. The smallest absolute Gasteiger partial charge is 0.405 e. The highest BCUT2D eigenvalue weighted by Crippen LogP contribution is 2.39. The van der Waals surface area contributed by atoms with Gasteiger partial charge in [0.15, 0.2) is 5.82 Å². The third kappa shape index (κ3) is 6.70. The van der Waals surface area contributed by atoms with Gasteiger partial charge in [-0.1, -0.05) is 11.6 Å². The average Bonchev–Trinajstić information content (AvgIpc) is 2.76. The Morgan fingerprint density at radius 2 is 1.65 bits per heavy atom. The van der Waals surface area contributed by atoms with Gasteiger partial charge in [0.2, 0.25) is 5.82 Å². The number of halogens is 6. The van der Waals surface area contributed by atoms with E-state index in [9.17, 15) is 22.0 Å². The summed E-state index contributed by atoms with van der Waals surface area (Å²) in [6, 6.07) is 3.36. The number of aromatic nitrogens is 4. The largest absolute Gasteiger partial charge is 0.493 e. The molecule has 3 aromatic rings. The van der Waals surface area contributed by atoms with E-state index >= 15 is 0 Å². The van der Waals surface area contributed by atoms with Crippen LogP contribution in [0.2, 0.25) is 5.15 Å². The highest BCUT2D eigenvalue weighted by Gasteiger charge is 2.30. The molecule has 0 aliphatic carbocycles. The Bertz CT molecular complexity index is 1110. The highest BCUT2D eigenvalue weighted by atomic mass is 35.5. The van der Waals surface area contributed by atoms with Gasteiger partial charge < -0.3 is 15.0 Å². The third-order valence-electron chi connectivity index (χ3n) is 4.37. The fraction of sp³-hybridized carbons (Fsp3) is 0.333. The van der Waals surface area contributed by atoms with Crippen molar-refractivity contribution in [2.24, 2.45) is 0 Å². The van der Waals surface area contributed by atoms with Gasteiger partial charge in [0.1, 0.15) is 34.9 Å². The molecule has 0 amide bonds. The van der Waals surface area contributed by atoms with Crippen molar-refractivity contribution in [3.05, 3.63) is 47.4 Å². The van der Waals surface area contributed by atoms with E-state index in [0.717, 1.165) is 12.1 Å². The van der Waals surface area contributed by atoms with Gasteiger partial charge in [-0.15, -0.1) is 0 Å². The second-order valence-corrected chi connectivity index (χ2v) is 7.73. The topological polar surface area (TPSA) is 76.1 Å². The van der Waals surface area contributed by atoms with Crippen LogP contribution < -0.4 is 10.1 Å². The second kappa shape index (κ2) is 10.9. The number of nitrogens with one attached hydrogen (secondary N) is 1. The van der Waals surface area contributed by atoms with E-state index in [1.165, 1.54) is 18.5 Å². The Hall–Kier alpha value is -3.12. The molecule has 3 rings (SSSR count). The lowest BCUT2D eigenvalue weighted by Gasteiger charge is -2.17. The summed E-state index contributed by atoms with van der Waals surface area (Å²) in [5.41, 5.74) is -1.17. The Labute approximate surface area is 197 Å². The molecule has 2 heterocycles. The predicted octanol–water partition coefficient (Wildman–Crippen LogP) is 4.84. The van der Waals surface area contributed by atoms with Crippen LogP contribution in [0.1, 0.15) is 6.42 Å². The third-order valence-corrected chi connectivity index (χ3v) is 4.64. The Morgan fingerprint density at radius 3 is 2.24 bits per heavy atom. The first-order valence-electron chi connectivity index (χ1n) is 9.97. The van der Waals surface area contributed by atoms with Gasteiger partial charge in [-0.05, 0) is 26.6 Å². The predicted molar refractivity (Wildman–Crippen MR) is 117 cm³/mol. The Morgan fingerprint density at radius 1 is 1.00 bits per heavy atom. The fourth-order valence-electron chi connectivity index (χ4n) is 2.92. The first kappa shape index (κ1) is 25.5. The minimum Gasteiger partial charge on any atom is -0.493 e. The number of anilines is 1. The normalized spacial score (nSPS) is 11.7. The SMILES string of the molecule is CN(C)CCCOc1cc(F)c(-c2c(Cl)nc(-c3ncccn3)nc2NCC(F)(F)F)c(F)c1. The number of hydrogen-bond acceptors (Lipinski definition) is 7. The summed E-state index contributed by atoms with van der Waals surface area (Å²) in [5, 5.41) is 1.55. The van der Waals surface area contributed by atoms with Crippen LogP contribution in [0.5, 0.6) is 5.75 Å². The lowest BCUT2D eigenvalue weighted by atomic mass is 10.1. The molecular weight excluding hydrogens is 483 g/mol. The van der Waals surface area contributed by atoms with Crippen molar-refractivity contribution < 1.29 is 26.7 Å². The van der Waals surface area contributed by atoms with Crippen LogP contribution in [-0.4, -0.2) is 64.8 Å². The molecule has 2 aromatic heterocycles. The van der Waals surface area contributed by atoms with Gasteiger partial charge in [0.25, 0.3) is 0 Å². The number of ether oxygens (including phenoxy) is 1. The molecule has 7 nitrogen and oxygen atoms in total. The molecular formula is C21H20ClF5N6O. The monoisotopic (exact) mass is 502 g/mol. The fourth-order valence-corrected chi connectivity index (χ4v) is 3.19. The molecule has 13 heteroatoms. The van der Waals surface area contributed by atoms with Crippen LogP contribution in [0.15, 0.2) is 30.6 Å². The number of benzene rings is 1. The molecule has 0 aliphatic rings. The van der Waals surface area contributed by atoms with E-state index in [4.69, 9.17) is 16.3 Å². The first-order chi connectivity index (χ1) is 16.0. The number of alkyl halides is 3. The minimum absolute atomic E-state index is 0.0339. The van der Waals surface area contributed by atoms with E-state index < -0.39 is 46.5 Å². The zero-order chi connectivity index (χ0) is 24.9. The van der Waals surface area contributed by atoms with E-state index in [0.29, 0.717) is 13.0 Å². The van der Waals surface area contributed by atoms with Gasteiger partial charge in [-0.3, -0.25) is 0 Å². The van der Waals surface area contributed by atoms with Gasteiger partial charge in [0.05, 0.1) is 17.7 Å². The van der Waals surface area contributed by atoms with Crippen molar-refractivity contribution in [3.63, 3.8) is 0 Å². The zero-order valence-corrected chi connectivity index (χ0v) is 18.9.